The molecule has 1 N–H and O–H groups in total. The fraction of sp³-hybridized carbons (Fsp3) is 0.250. The topological polar surface area (TPSA) is 50.4 Å². The Kier molecular flexibility index (Phi) is 2.56. The fourth-order valence-corrected chi connectivity index (χ4v) is 1.49. The first-order chi connectivity index (χ1) is 7.16. The van der Waals surface area contributed by atoms with Crippen LogP contribution < -0.4 is 0 Å². The van der Waals surface area contributed by atoms with Gasteiger partial charge in [-0.2, -0.15) is 0 Å². The van der Waals surface area contributed by atoms with E-state index >= 15 is 0 Å². The average molecular weight is 204 g/mol. The molecule has 3 nitrogen and oxygen atoms in total. The van der Waals surface area contributed by atoms with Gasteiger partial charge in [-0.15, -0.1) is 0 Å². The number of aliphatic hydroxyl groups is 1. The molecule has 0 radical (unpaired) electrons. The van der Waals surface area contributed by atoms with Gasteiger partial charge in [0.05, 0.1) is 6.10 Å². The normalized spacial score (nSPS) is 12.9. The molecule has 0 fully saturated rings. The number of ketones is 1. The molecule has 0 bridgehead atoms. The second kappa shape index (κ2) is 3.87. The highest BCUT2D eigenvalue weighted by Gasteiger charge is 2.13. The minimum Gasteiger partial charge on any atom is -0.453 e. The second-order valence-corrected chi connectivity index (χ2v) is 3.62. The van der Waals surface area contributed by atoms with Gasteiger partial charge in [-0.3, -0.25) is 4.79 Å². The van der Waals surface area contributed by atoms with Gasteiger partial charge in [-0.1, -0.05) is 18.2 Å². The van der Waals surface area contributed by atoms with Gasteiger partial charge in [0.25, 0.3) is 0 Å². The molecule has 0 aliphatic carbocycles. The number of carbonyl (C=O) groups excluding carboxylic acids is 1. The number of para-hydroxylation sites is 1. The molecule has 1 aromatic heterocycles. The van der Waals surface area contributed by atoms with E-state index in [-0.39, 0.29) is 12.2 Å². The molecule has 3 heteroatoms. The largest absolute Gasteiger partial charge is 0.453 e. The molecule has 2 aromatic rings. The molecular formula is C12H12O3. The van der Waals surface area contributed by atoms with Crippen LogP contribution in [-0.2, 0) is 0 Å². The standard InChI is InChI=1S/C12H12O3/c1-8(13)6-10(14)12-7-9-4-2-3-5-11(9)15-12/h2-5,7-8,13H,6H2,1H3/t8-/m0/s1. The molecule has 0 aliphatic rings. The van der Waals surface area contributed by atoms with Gasteiger partial charge in [0.15, 0.2) is 5.76 Å². The van der Waals surface area contributed by atoms with Crippen LogP contribution in [0.2, 0.25) is 0 Å². The summed E-state index contributed by atoms with van der Waals surface area (Å²) >= 11 is 0. The molecule has 0 saturated heterocycles. The predicted octanol–water partition coefficient (Wildman–Crippen LogP) is 2.39. The van der Waals surface area contributed by atoms with E-state index in [4.69, 9.17) is 9.52 Å². The van der Waals surface area contributed by atoms with Crippen LogP contribution in [0.5, 0.6) is 0 Å². The van der Waals surface area contributed by atoms with E-state index in [0.29, 0.717) is 11.3 Å². The van der Waals surface area contributed by atoms with Crippen LogP contribution in [0.1, 0.15) is 23.9 Å². The van der Waals surface area contributed by atoms with Crippen LogP contribution in [0.4, 0.5) is 0 Å². The Hall–Kier alpha value is -1.61. The summed E-state index contributed by atoms with van der Waals surface area (Å²) in [5.41, 5.74) is 0.700. The van der Waals surface area contributed by atoms with Crippen LogP contribution in [0.25, 0.3) is 11.0 Å². The zero-order valence-electron chi connectivity index (χ0n) is 8.43. The molecule has 2 rings (SSSR count). The van der Waals surface area contributed by atoms with Gasteiger partial charge in [-0.25, -0.2) is 0 Å². The highest BCUT2D eigenvalue weighted by Crippen LogP contribution is 2.20. The Morgan fingerprint density at radius 3 is 2.87 bits per heavy atom. The summed E-state index contributed by atoms with van der Waals surface area (Å²) < 4.78 is 5.37. The number of Topliss-reactive ketones (excluding diaryl/α,β-unsaturated/α-hetero) is 1. The van der Waals surface area contributed by atoms with Gasteiger partial charge >= 0.3 is 0 Å². The van der Waals surface area contributed by atoms with Crippen molar-refractivity contribution in [2.75, 3.05) is 0 Å². The summed E-state index contributed by atoms with van der Waals surface area (Å²) in [7, 11) is 0. The maximum atomic E-state index is 11.6. The Bertz CT molecular complexity index is 449. The van der Waals surface area contributed by atoms with Gasteiger partial charge in [0, 0.05) is 11.8 Å². The van der Waals surface area contributed by atoms with Crippen molar-refractivity contribution < 1.29 is 14.3 Å². The van der Waals surface area contributed by atoms with E-state index in [0.717, 1.165) is 5.39 Å². The maximum Gasteiger partial charge on any atom is 0.200 e. The molecule has 0 amide bonds. The minimum atomic E-state index is -0.634. The lowest BCUT2D eigenvalue weighted by atomic mass is 10.1. The quantitative estimate of drug-likeness (QED) is 0.781. The number of fused-ring (bicyclic) bond motifs is 1. The summed E-state index contributed by atoms with van der Waals surface area (Å²) in [4.78, 5) is 11.6. The summed E-state index contributed by atoms with van der Waals surface area (Å²) in [5, 5.41) is 10.0. The molecule has 0 aliphatic heterocycles. The number of rotatable bonds is 3. The molecule has 15 heavy (non-hydrogen) atoms. The predicted molar refractivity (Wildman–Crippen MR) is 56.8 cm³/mol. The maximum absolute atomic E-state index is 11.6. The third kappa shape index (κ3) is 2.07. The lowest BCUT2D eigenvalue weighted by molar-refractivity contribution is 0.0876. The summed E-state index contributed by atoms with van der Waals surface area (Å²) in [5.74, 6) is 0.151. The number of hydrogen-bond acceptors (Lipinski definition) is 3. The highest BCUT2D eigenvalue weighted by atomic mass is 16.3. The van der Waals surface area contributed by atoms with Crippen LogP contribution in [-0.4, -0.2) is 17.0 Å². The van der Waals surface area contributed by atoms with E-state index in [1.165, 1.54) is 0 Å². The number of benzene rings is 1. The van der Waals surface area contributed by atoms with Crippen molar-refractivity contribution in [3.8, 4) is 0 Å². The van der Waals surface area contributed by atoms with Gasteiger partial charge in [0.2, 0.25) is 5.78 Å². The molecule has 0 unspecified atom stereocenters. The van der Waals surface area contributed by atoms with Crippen molar-refractivity contribution in [2.24, 2.45) is 0 Å². The Morgan fingerprint density at radius 1 is 1.47 bits per heavy atom. The van der Waals surface area contributed by atoms with Crippen LogP contribution in [0.3, 0.4) is 0 Å². The van der Waals surface area contributed by atoms with Crippen molar-refractivity contribution in [2.45, 2.75) is 19.4 Å². The molecule has 0 spiro atoms. The summed E-state index contributed by atoms with van der Waals surface area (Å²) in [6.45, 7) is 1.58. The van der Waals surface area contributed by atoms with E-state index < -0.39 is 6.10 Å². The molecular weight excluding hydrogens is 192 g/mol. The number of hydrogen-bond donors (Lipinski definition) is 1. The second-order valence-electron chi connectivity index (χ2n) is 3.62. The van der Waals surface area contributed by atoms with E-state index in [1.807, 2.05) is 24.3 Å². The number of furan rings is 1. The Balaban J connectivity index is 2.32. The van der Waals surface area contributed by atoms with E-state index in [1.54, 1.807) is 13.0 Å². The SMILES string of the molecule is C[C@H](O)CC(=O)c1cc2ccccc2o1. The summed E-state index contributed by atoms with van der Waals surface area (Å²) in [6, 6.07) is 9.15. The fourth-order valence-electron chi connectivity index (χ4n) is 1.49. The molecule has 1 heterocycles. The zero-order chi connectivity index (χ0) is 10.8. The smallest absolute Gasteiger partial charge is 0.200 e. The van der Waals surface area contributed by atoms with Crippen molar-refractivity contribution >= 4 is 16.8 Å². The first kappa shape index (κ1) is 9.93. The zero-order valence-corrected chi connectivity index (χ0v) is 8.43. The van der Waals surface area contributed by atoms with E-state index in [2.05, 4.69) is 0 Å². The van der Waals surface area contributed by atoms with Gasteiger partial charge in [0.1, 0.15) is 5.58 Å². The first-order valence-electron chi connectivity index (χ1n) is 4.86. The molecule has 0 saturated carbocycles. The highest BCUT2D eigenvalue weighted by molar-refractivity contribution is 5.97. The number of carbonyl (C=O) groups is 1. The monoisotopic (exact) mass is 204 g/mol. The lowest BCUT2D eigenvalue weighted by Crippen LogP contribution is -2.08. The van der Waals surface area contributed by atoms with Crippen LogP contribution in [0, 0.1) is 0 Å². The van der Waals surface area contributed by atoms with E-state index in [9.17, 15) is 4.79 Å². The van der Waals surface area contributed by atoms with Crippen LogP contribution in [0.15, 0.2) is 34.7 Å². The Labute approximate surface area is 87.3 Å². The molecule has 78 valence electrons. The summed E-state index contributed by atoms with van der Waals surface area (Å²) in [6.07, 6.45) is -0.537. The first-order valence-corrected chi connectivity index (χ1v) is 4.86. The lowest BCUT2D eigenvalue weighted by Gasteiger charge is -1.99. The molecule has 1 aromatic carbocycles. The van der Waals surface area contributed by atoms with Crippen LogP contribution >= 0.6 is 0 Å². The minimum absolute atomic E-state index is 0.0970. The van der Waals surface area contributed by atoms with Crippen molar-refractivity contribution in [1.82, 2.24) is 0 Å². The molecule has 1 atom stereocenters. The van der Waals surface area contributed by atoms with Crippen molar-refractivity contribution in [1.29, 1.82) is 0 Å². The Morgan fingerprint density at radius 2 is 2.20 bits per heavy atom. The van der Waals surface area contributed by atoms with Gasteiger partial charge in [-0.05, 0) is 19.1 Å². The van der Waals surface area contributed by atoms with Crippen molar-refractivity contribution in [3.63, 3.8) is 0 Å². The third-order valence-electron chi connectivity index (χ3n) is 2.18. The number of aliphatic hydroxyl groups excluding tert-OH is 1. The van der Waals surface area contributed by atoms with Crippen molar-refractivity contribution in [3.05, 3.63) is 36.1 Å². The average Bonchev–Trinajstić information content (AvgIpc) is 2.59. The third-order valence-corrected chi connectivity index (χ3v) is 2.18. The van der Waals surface area contributed by atoms with Gasteiger partial charge < -0.3 is 9.52 Å².